The van der Waals surface area contributed by atoms with E-state index in [1.807, 2.05) is 13.0 Å². The van der Waals surface area contributed by atoms with Crippen molar-refractivity contribution in [2.75, 3.05) is 18.6 Å². The van der Waals surface area contributed by atoms with E-state index in [-0.39, 0.29) is 23.8 Å². The molecule has 3 amide bonds. The molecule has 1 aromatic rings. The predicted molar refractivity (Wildman–Crippen MR) is 90.9 cm³/mol. The van der Waals surface area contributed by atoms with Crippen LogP contribution in [0.4, 0.5) is 5.69 Å². The molecule has 3 heterocycles. The van der Waals surface area contributed by atoms with Gasteiger partial charge in [-0.3, -0.25) is 14.4 Å². The van der Waals surface area contributed by atoms with Crippen LogP contribution in [0.3, 0.4) is 0 Å². The highest BCUT2D eigenvalue weighted by molar-refractivity contribution is 6.24. The lowest BCUT2D eigenvalue weighted by molar-refractivity contribution is -0.148. The fourth-order valence-corrected chi connectivity index (χ4v) is 4.08. The quantitative estimate of drug-likeness (QED) is 0.617. The number of carbonyl (C=O) groups excluding carboxylic acids is 3. The van der Waals surface area contributed by atoms with Gasteiger partial charge in [-0.05, 0) is 30.7 Å². The Morgan fingerprint density at radius 1 is 0.960 bits per heavy atom. The van der Waals surface area contributed by atoms with E-state index in [4.69, 9.17) is 4.74 Å². The number of carbonyl (C=O) groups is 3. The first kappa shape index (κ1) is 15.9. The van der Waals surface area contributed by atoms with E-state index in [1.54, 1.807) is 42.3 Å². The highest BCUT2D eigenvalue weighted by Gasteiger charge is 2.61. The minimum Gasteiger partial charge on any atom is -0.494 e. The fourth-order valence-electron chi connectivity index (χ4n) is 4.08. The highest BCUT2D eigenvalue weighted by Crippen LogP contribution is 2.46. The number of nitrogens with zero attached hydrogens (tertiary/aromatic N) is 2. The van der Waals surface area contributed by atoms with Gasteiger partial charge in [-0.2, -0.15) is 0 Å². The third-order valence-electron chi connectivity index (χ3n) is 5.32. The second-order valence-electron chi connectivity index (χ2n) is 6.76. The molecule has 3 aliphatic heterocycles. The van der Waals surface area contributed by atoms with Crippen LogP contribution in [0.2, 0.25) is 0 Å². The number of hydrogen-bond acceptors (Lipinski definition) is 4. The topological polar surface area (TPSA) is 66.9 Å². The van der Waals surface area contributed by atoms with Crippen LogP contribution in [0.15, 0.2) is 36.4 Å². The highest BCUT2D eigenvalue weighted by atomic mass is 16.5. The molecule has 5 rings (SSSR count). The second kappa shape index (κ2) is 5.72. The smallest absolute Gasteiger partial charge is 0.240 e. The van der Waals surface area contributed by atoms with Gasteiger partial charge < -0.3 is 9.64 Å². The van der Waals surface area contributed by atoms with Crippen LogP contribution in [-0.4, -0.2) is 42.3 Å². The number of ether oxygens (including phenoxy) is 1. The van der Waals surface area contributed by atoms with Crippen molar-refractivity contribution in [1.82, 2.24) is 4.90 Å². The van der Waals surface area contributed by atoms with Gasteiger partial charge in [0, 0.05) is 7.05 Å². The largest absolute Gasteiger partial charge is 0.494 e. The van der Waals surface area contributed by atoms with Gasteiger partial charge in [0.15, 0.2) is 0 Å². The van der Waals surface area contributed by atoms with Crippen molar-refractivity contribution in [3.05, 3.63) is 36.4 Å². The molecular formula is C19H20N2O4. The zero-order valence-corrected chi connectivity index (χ0v) is 14.2. The van der Waals surface area contributed by atoms with Gasteiger partial charge in [-0.25, -0.2) is 4.90 Å². The molecule has 0 radical (unpaired) electrons. The van der Waals surface area contributed by atoms with E-state index in [9.17, 15) is 14.4 Å². The molecular weight excluding hydrogens is 320 g/mol. The average molecular weight is 340 g/mol. The lowest BCUT2D eigenvalue weighted by Crippen LogP contribution is -2.57. The fraction of sp³-hybridized carbons (Fsp3) is 0.421. The summed E-state index contributed by atoms with van der Waals surface area (Å²) in [7, 11) is 1.69. The number of fused-ring (bicyclic) bond motifs is 1. The Bertz CT molecular complexity index is 770. The molecule has 2 fully saturated rings. The van der Waals surface area contributed by atoms with Crippen LogP contribution in [-0.2, 0) is 14.4 Å². The van der Waals surface area contributed by atoms with Gasteiger partial charge in [-0.1, -0.05) is 19.1 Å². The molecule has 130 valence electrons. The Labute approximate surface area is 146 Å². The molecule has 6 heteroatoms. The summed E-state index contributed by atoms with van der Waals surface area (Å²) >= 11 is 0. The molecule has 0 N–H and O–H groups in total. The van der Waals surface area contributed by atoms with E-state index < -0.39 is 17.8 Å². The molecule has 4 aliphatic rings. The van der Waals surface area contributed by atoms with E-state index >= 15 is 0 Å². The predicted octanol–water partition coefficient (Wildman–Crippen LogP) is 1.61. The first-order valence-corrected chi connectivity index (χ1v) is 8.60. The summed E-state index contributed by atoms with van der Waals surface area (Å²) in [5.41, 5.74) is 0.530. The number of anilines is 1. The monoisotopic (exact) mass is 340 g/mol. The van der Waals surface area contributed by atoms with Crippen molar-refractivity contribution in [3.8, 4) is 5.75 Å². The van der Waals surface area contributed by atoms with Gasteiger partial charge in [0.2, 0.25) is 17.7 Å². The molecule has 1 aliphatic carbocycles. The summed E-state index contributed by atoms with van der Waals surface area (Å²) in [6.45, 7) is 2.65. The molecule has 2 saturated heterocycles. The maximum atomic E-state index is 13.0. The van der Waals surface area contributed by atoms with Crippen LogP contribution in [0.5, 0.6) is 5.75 Å². The maximum Gasteiger partial charge on any atom is 0.240 e. The molecule has 0 spiro atoms. The standard InChI is InChI=1S/C19H20N2O4/c1-3-10-25-12-6-4-11(5-7-12)21-18(23)15-13-8-9-14(16(15)19(21)24)20(2)17(13)22/h4-9,13-16H,3,10H2,1-2H3/t13-,14-,15-,16-/m0/s1. The Morgan fingerprint density at radius 3 is 2.32 bits per heavy atom. The molecule has 0 saturated carbocycles. The van der Waals surface area contributed by atoms with Crippen LogP contribution < -0.4 is 9.64 Å². The van der Waals surface area contributed by atoms with Crippen molar-refractivity contribution in [3.63, 3.8) is 0 Å². The lowest BCUT2D eigenvalue weighted by Gasteiger charge is -2.44. The van der Waals surface area contributed by atoms with Crippen molar-refractivity contribution in [2.45, 2.75) is 19.4 Å². The number of hydrogen-bond donors (Lipinski definition) is 0. The van der Waals surface area contributed by atoms with Crippen LogP contribution in [0, 0.1) is 17.8 Å². The van der Waals surface area contributed by atoms with Crippen LogP contribution in [0.25, 0.3) is 0 Å². The van der Waals surface area contributed by atoms with E-state index in [0.29, 0.717) is 18.0 Å². The van der Waals surface area contributed by atoms with Crippen LogP contribution >= 0.6 is 0 Å². The van der Waals surface area contributed by atoms with E-state index in [2.05, 4.69) is 0 Å². The number of rotatable bonds is 4. The van der Waals surface area contributed by atoms with Crippen molar-refractivity contribution >= 4 is 23.4 Å². The Hall–Kier alpha value is -2.63. The van der Waals surface area contributed by atoms with Gasteiger partial charge >= 0.3 is 0 Å². The van der Waals surface area contributed by atoms with Gasteiger partial charge in [0.25, 0.3) is 0 Å². The number of imide groups is 1. The number of benzene rings is 1. The molecule has 6 nitrogen and oxygen atoms in total. The third kappa shape index (κ3) is 2.20. The molecule has 2 bridgehead atoms. The first-order valence-electron chi connectivity index (χ1n) is 8.60. The van der Waals surface area contributed by atoms with Crippen LogP contribution in [0.1, 0.15) is 13.3 Å². The maximum absolute atomic E-state index is 13.0. The number of piperidine rings is 1. The first-order chi connectivity index (χ1) is 12.0. The number of likely N-dealkylation sites (N-methyl/N-ethyl adjacent to an activating group) is 1. The van der Waals surface area contributed by atoms with Crippen molar-refractivity contribution in [2.24, 2.45) is 17.8 Å². The molecule has 25 heavy (non-hydrogen) atoms. The van der Waals surface area contributed by atoms with Gasteiger partial charge in [0.05, 0.1) is 36.1 Å². The van der Waals surface area contributed by atoms with Crippen molar-refractivity contribution < 1.29 is 19.1 Å². The van der Waals surface area contributed by atoms with Gasteiger partial charge in [0.1, 0.15) is 5.75 Å². The SMILES string of the molecule is CCCOc1ccc(N2C(=O)[C@@H]3[C@@H](C2=O)[C@@H]2C=C[C@@H]3C(=O)N2C)cc1. The summed E-state index contributed by atoms with van der Waals surface area (Å²) in [5, 5.41) is 0. The molecule has 1 aromatic carbocycles. The zero-order chi connectivity index (χ0) is 17.7. The summed E-state index contributed by atoms with van der Waals surface area (Å²) in [6, 6.07) is 6.63. The summed E-state index contributed by atoms with van der Waals surface area (Å²) in [5.74, 6) is -1.48. The van der Waals surface area contributed by atoms with E-state index in [1.165, 1.54) is 4.90 Å². The van der Waals surface area contributed by atoms with E-state index in [0.717, 1.165) is 6.42 Å². The minimum atomic E-state index is -0.581. The Morgan fingerprint density at radius 2 is 1.64 bits per heavy atom. The zero-order valence-electron chi connectivity index (χ0n) is 14.2. The average Bonchev–Trinajstić information content (AvgIpc) is 2.90. The van der Waals surface area contributed by atoms with Gasteiger partial charge in [-0.15, -0.1) is 0 Å². The normalized spacial score (nSPS) is 30.2. The lowest BCUT2D eigenvalue weighted by atomic mass is 9.70. The summed E-state index contributed by atoms with van der Waals surface area (Å²) in [4.78, 5) is 41.0. The third-order valence-corrected chi connectivity index (χ3v) is 5.32. The summed E-state index contributed by atoms with van der Waals surface area (Å²) in [6.07, 6.45) is 4.57. The Balaban J connectivity index is 1.64. The summed E-state index contributed by atoms with van der Waals surface area (Å²) < 4.78 is 5.54. The second-order valence-corrected chi connectivity index (χ2v) is 6.76. The molecule has 0 aromatic heterocycles. The Kier molecular flexibility index (Phi) is 3.63. The molecule has 0 unspecified atom stereocenters. The molecule has 4 atom stereocenters. The number of amides is 3. The minimum absolute atomic E-state index is 0.0833. The van der Waals surface area contributed by atoms with Crippen molar-refractivity contribution in [1.29, 1.82) is 0 Å².